The van der Waals surface area contributed by atoms with Gasteiger partial charge in [-0.15, -0.1) is 5.10 Å². The van der Waals surface area contributed by atoms with Crippen molar-refractivity contribution < 1.29 is 0 Å². The molecule has 0 aromatic carbocycles. The fraction of sp³-hybridized carbons (Fsp3) is 0.417. The molecule has 0 unspecified atom stereocenters. The molecule has 2 rings (SSSR count). The highest BCUT2D eigenvalue weighted by atomic mass is 16.1. The smallest absolute Gasteiger partial charge is 0.296 e. The molecule has 0 saturated heterocycles. The maximum Gasteiger partial charge on any atom is 0.296 e. The van der Waals surface area contributed by atoms with Crippen LogP contribution in [0.15, 0.2) is 23.4 Å². The lowest BCUT2D eigenvalue weighted by molar-refractivity contribution is 0.381. The largest absolute Gasteiger partial charge is 0.382 e. The highest BCUT2D eigenvalue weighted by molar-refractivity contribution is 5.38. The molecule has 0 bridgehead atoms. The van der Waals surface area contributed by atoms with Crippen LogP contribution >= 0.6 is 0 Å². The standard InChI is InChI=1S/C12H17N5O/c1-8-7-17(15-9(8)13)10-11(18)16(6-5-14-10)12(2,3)4/h5-7H,1-4H3,(H2,13,15). The summed E-state index contributed by atoms with van der Waals surface area (Å²) in [5, 5.41) is 4.08. The molecule has 6 heteroatoms. The first-order valence-corrected chi connectivity index (χ1v) is 5.71. The van der Waals surface area contributed by atoms with E-state index in [1.165, 1.54) is 4.68 Å². The molecule has 0 radical (unpaired) electrons. The molecule has 0 fully saturated rings. The molecule has 2 heterocycles. The van der Waals surface area contributed by atoms with Gasteiger partial charge in [0.15, 0.2) is 0 Å². The first kappa shape index (κ1) is 12.3. The third-order valence-electron chi connectivity index (χ3n) is 2.70. The van der Waals surface area contributed by atoms with Crippen LogP contribution in [0.2, 0.25) is 0 Å². The van der Waals surface area contributed by atoms with E-state index in [0.29, 0.717) is 5.82 Å². The minimum absolute atomic E-state index is 0.187. The van der Waals surface area contributed by atoms with Crippen LogP contribution in [0.25, 0.3) is 5.82 Å². The van der Waals surface area contributed by atoms with E-state index < -0.39 is 0 Å². The topological polar surface area (TPSA) is 78.7 Å². The summed E-state index contributed by atoms with van der Waals surface area (Å²) < 4.78 is 3.05. The molecule has 96 valence electrons. The number of nitrogen functional groups attached to an aromatic ring is 1. The Hall–Kier alpha value is -2.11. The van der Waals surface area contributed by atoms with Gasteiger partial charge in [-0.3, -0.25) is 4.79 Å². The van der Waals surface area contributed by atoms with E-state index >= 15 is 0 Å². The zero-order valence-corrected chi connectivity index (χ0v) is 11.0. The van der Waals surface area contributed by atoms with Crippen LogP contribution in [0.1, 0.15) is 26.3 Å². The van der Waals surface area contributed by atoms with Crippen molar-refractivity contribution in [3.05, 3.63) is 34.5 Å². The van der Waals surface area contributed by atoms with Crippen LogP contribution in [0, 0.1) is 6.92 Å². The second kappa shape index (κ2) is 3.97. The average Bonchev–Trinajstić information content (AvgIpc) is 2.57. The number of anilines is 1. The predicted molar refractivity (Wildman–Crippen MR) is 69.8 cm³/mol. The van der Waals surface area contributed by atoms with Gasteiger partial charge >= 0.3 is 0 Å². The Kier molecular flexibility index (Phi) is 2.73. The SMILES string of the molecule is Cc1cn(-c2nccn(C(C)(C)C)c2=O)nc1N. The molecular formula is C12H17N5O. The predicted octanol–water partition coefficient (Wildman–Crippen LogP) is 1.07. The summed E-state index contributed by atoms with van der Waals surface area (Å²) in [6, 6.07) is 0. The van der Waals surface area contributed by atoms with Crippen molar-refractivity contribution in [2.24, 2.45) is 0 Å². The molecule has 2 aromatic rings. The molecule has 0 spiro atoms. The number of hydrogen-bond acceptors (Lipinski definition) is 4. The van der Waals surface area contributed by atoms with E-state index in [4.69, 9.17) is 5.73 Å². The number of rotatable bonds is 1. The minimum atomic E-state index is -0.303. The maximum atomic E-state index is 12.3. The molecule has 0 aliphatic heterocycles. The van der Waals surface area contributed by atoms with E-state index in [2.05, 4.69) is 10.1 Å². The van der Waals surface area contributed by atoms with Crippen molar-refractivity contribution in [3.8, 4) is 5.82 Å². The van der Waals surface area contributed by atoms with Gasteiger partial charge in [0.25, 0.3) is 5.56 Å². The Morgan fingerprint density at radius 1 is 1.33 bits per heavy atom. The highest BCUT2D eigenvalue weighted by Crippen LogP contribution is 2.12. The molecule has 2 aromatic heterocycles. The Morgan fingerprint density at radius 2 is 2.00 bits per heavy atom. The quantitative estimate of drug-likeness (QED) is 0.817. The van der Waals surface area contributed by atoms with Crippen molar-refractivity contribution in [2.45, 2.75) is 33.2 Å². The summed E-state index contributed by atoms with van der Waals surface area (Å²) in [7, 11) is 0. The van der Waals surface area contributed by atoms with Gasteiger partial charge in [-0.2, -0.15) is 0 Å². The summed E-state index contributed by atoms with van der Waals surface area (Å²) in [5.41, 5.74) is 6.01. The van der Waals surface area contributed by atoms with Crippen molar-refractivity contribution in [1.82, 2.24) is 19.3 Å². The maximum absolute atomic E-state index is 12.3. The normalized spacial score (nSPS) is 11.8. The molecular weight excluding hydrogens is 230 g/mol. The molecule has 18 heavy (non-hydrogen) atoms. The lowest BCUT2D eigenvalue weighted by atomic mass is 10.1. The zero-order valence-electron chi connectivity index (χ0n) is 11.0. The van der Waals surface area contributed by atoms with Gasteiger partial charge in [0.1, 0.15) is 5.82 Å². The number of nitrogens with two attached hydrogens (primary N) is 1. The van der Waals surface area contributed by atoms with Crippen LogP contribution < -0.4 is 11.3 Å². The second-order valence-electron chi connectivity index (χ2n) is 5.24. The number of aromatic nitrogens is 4. The Morgan fingerprint density at radius 3 is 2.50 bits per heavy atom. The fourth-order valence-electron chi connectivity index (χ4n) is 1.67. The van der Waals surface area contributed by atoms with E-state index in [9.17, 15) is 4.79 Å². The van der Waals surface area contributed by atoms with E-state index in [0.717, 1.165) is 5.56 Å². The summed E-state index contributed by atoms with van der Waals surface area (Å²) in [4.78, 5) is 16.4. The first-order valence-electron chi connectivity index (χ1n) is 5.71. The number of nitrogens with zero attached hydrogens (tertiary/aromatic N) is 4. The van der Waals surface area contributed by atoms with Crippen LogP contribution in [0.3, 0.4) is 0 Å². The molecule has 0 aliphatic rings. The molecule has 6 nitrogen and oxygen atoms in total. The molecule has 0 saturated carbocycles. The first-order chi connectivity index (χ1) is 8.30. The van der Waals surface area contributed by atoms with E-state index in [1.807, 2.05) is 27.7 Å². The average molecular weight is 247 g/mol. The Labute approximate surface area is 105 Å². The third kappa shape index (κ3) is 2.01. The van der Waals surface area contributed by atoms with Gasteiger partial charge in [-0.25, -0.2) is 9.67 Å². The Bertz CT molecular complexity index is 613. The molecule has 0 amide bonds. The van der Waals surface area contributed by atoms with Crippen molar-refractivity contribution in [1.29, 1.82) is 0 Å². The summed E-state index contributed by atoms with van der Waals surface area (Å²) >= 11 is 0. The van der Waals surface area contributed by atoms with Crippen molar-refractivity contribution in [2.75, 3.05) is 5.73 Å². The summed E-state index contributed by atoms with van der Waals surface area (Å²) in [6.45, 7) is 7.71. The minimum Gasteiger partial charge on any atom is -0.382 e. The molecule has 0 atom stereocenters. The van der Waals surface area contributed by atoms with E-state index in [-0.39, 0.29) is 16.9 Å². The lowest BCUT2D eigenvalue weighted by Gasteiger charge is -2.22. The zero-order chi connectivity index (χ0) is 13.5. The number of hydrogen-bond donors (Lipinski definition) is 1. The monoisotopic (exact) mass is 247 g/mol. The van der Waals surface area contributed by atoms with Crippen LogP contribution in [-0.2, 0) is 5.54 Å². The fourth-order valence-corrected chi connectivity index (χ4v) is 1.67. The summed E-state index contributed by atoms with van der Waals surface area (Å²) in [5.74, 6) is 0.662. The van der Waals surface area contributed by atoms with Gasteiger partial charge in [-0.1, -0.05) is 0 Å². The summed E-state index contributed by atoms with van der Waals surface area (Å²) in [6.07, 6.45) is 4.97. The highest BCUT2D eigenvalue weighted by Gasteiger charge is 2.18. The van der Waals surface area contributed by atoms with Crippen LogP contribution in [0.5, 0.6) is 0 Å². The van der Waals surface area contributed by atoms with Crippen molar-refractivity contribution in [3.63, 3.8) is 0 Å². The van der Waals surface area contributed by atoms with Gasteiger partial charge in [0.2, 0.25) is 5.82 Å². The van der Waals surface area contributed by atoms with Gasteiger partial charge < -0.3 is 10.3 Å². The lowest BCUT2D eigenvalue weighted by Crippen LogP contribution is -2.35. The van der Waals surface area contributed by atoms with Gasteiger partial charge in [0, 0.05) is 29.7 Å². The van der Waals surface area contributed by atoms with Crippen LogP contribution in [-0.4, -0.2) is 19.3 Å². The van der Waals surface area contributed by atoms with Gasteiger partial charge in [0.05, 0.1) is 0 Å². The van der Waals surface area contributed by atoms with E-state index in [1.54, 1.807) is 23.2 Å². The molecule has 0 aliphatic carbocycles. The third-order valence-corrected chi connectivity index (χ3v) is 2.70. The second-order valence-corrected chi connectivity index (χ2v) is 5.24. The van der Waals surface area contributed by atoms with Gasteiger partial charge in [-0.05, 0) is 27.7 Å². The van der Waals surface area contributed by atoms with Crippen LogP contribution in [0.4, 0.5) is 5.82 Å². The number of aryl methyl sites for hydroxylation is 1. The molecule has 2 N–H and O–H groups in total. The van der Waals surface area contributed by atoms with Crippen molar-refractivity contribution >= 4 is 5.82 Å². The Balaban J connectivity index is 2.64.